The Labute approximate surface area is 342 Å². The van der Waals surface area contributed by atoms with Crippen LogP contribution in [-0.4, -0.2) is 106 Å². The van der Waals surface area contributed by atoms with Crippen molar-refractivity contribution in [1.29, 1.82) is 0 Å². The van der Waals surface area contributed by atoms with Gasteiger partial charge in [0, 0.05) is 31.9 Å². The van der Waals surface area contributed by atoms with Crippen molar-refractivity contribution in [2.45, 2.75) is 76.5 Å². The van der Waals surface area contributed by atoms with Gasteiger partial charge in [-0.2, -0.15) is 0 Å². The van der Waals surface area contributed by atoms with Crippen LogP contribution in [0.1, 0.15) is 76.1 Å². The fourth-order valence-corrected chi connectivity index (χ4v) is 8.91. The minimum atomic E-state index is -0.693. The lowest BCUT2D eigenvalue weighted by atomic mass is 9.90. The molecule has 0 unspecified atom stereocenters. The Bertz CT molecular complexity index is 2350. The van der Waals surface area contributed by atoms with Gasteiger partial charge in [0.25, 0.3) is 0 Å². The molecule has 3 aromatic carbocycles. The van der Waals surface area contributed by atoms with Crippen LogP contribution in [0.2, 0.25) is 0 Å². The van der Waals surface area contributed by atoms with E-state index in [1.165, 1.54) is 14.2 Å². The third-order valence-corrected chi connectivity index (χ3v) is 12.1. The van der Waals surface area contributed by atoms with Gasteiger partial charge in [-0.05, 0) is 96.5 Å². The van der Waals surface area contributed by atoms with Crippen LogP contribution in [0.15, 0.2) is 60.8 Å². The summed E-state index contributed by atoms with van der Waals surface area (Å²) in [4.78, 5) is 72.3. The van der Waals surface area contributed by atoms with Crippen molar-refractivity contribution in [3.05, 3.63) is 72.4 Å². The number of methoxy groups -OCH3 is 2. The largest absolute Gasteiger partial charge is 0.453 e. The van der Waals surface area contributed by atoms with Gasteiger partial charge >= 0.3 is 12.2 Å². The van der Waals surface area contributed by atoms with E-state index in [1.54, 1.807) is 0 Å². The highest BCUT2D eigenvalue weighted by Gasteiger charge is 2.41. The summed E-state index contributed by atoms with van der Waals surface area (Å²) in [6, 6.07) is 17.1. The number of rotatable bonds is 10. The molecule has 3 aliphatic rings. The number of hydrogen-bond acceptors (Lipinski definition) is 9. The van der Waals surface area contributed by atoms with Gasteiger partial charge in [0.05, 0.1) is 49.2 Å². The molecule has 59 heavy (non-hydrogen) atoms. The molecule has 3 aliphatic heterocycles. The highest BCUT2D eigenvalue weighted by molar-refractivity contribution is 5.92. The molecule has 4 atom stereocenters. The number of aromatic amines is 2. The molecular formula is C44H52N8O7. The summed E-state index contributed by atoms with van der Waals surface area (Å²) in [5.41, 5.74) is 5.65. The zero-order chi connectivity index (χ0) is 41.2. The number of imidazole rings is 2. The summed E-state index contributed by atoms with van der Waals surface area (Å²) in [5, 5.41) is 7.68. The molecule has 4 amide bonds. The molecule has 5 heterocycles. The summed E-state index contributed by atoms with van der Waals surface area (Å²) in [6.45, 7) is 6.10. The van der Waals surface area contributed by atoms with Crippen molar-refractivity contribution in [3.8, 4) is 22.4 Å². The molecule has 0 radical (unpaired) electrons. The number of aromatic nitrogens is 4. The topological polar surface area (TPSA) is 184 Å². The van der Waals surface area contributed by atoms with E-state index in [-0.39, 0.29) is 35.7 Å². The Morgan fingerprint density at radius 3 is 2.05 bits per heavy atom. The van der Waals surface area contributed by atoms with Crippen molar-refractivity contribution >= 4 is 45.8 Å². The first-order valence-corrected chi connectivity index (χ1v) is 20.6. The van der Waals surface area contributed by atoms with E-state index in [1.807, 2.05) is 35.9 Å². The molecule has 0 spiro atoms. The number of ether oxygens (including phenoxy) is 3. The molecule has 8 rings (SSSR count). The van der Waals surface area contributed by atoms with Crippen LogP contribution < -0.4 is 10.6 Å². The van der Waals surface area contributed by atoms with Gasteiger partial charge < -0.3 is 44.6 Å². The van der Waals surface area contributed by atoms with Gasteiger partial charge in [0.2, 0.25) is 11.8 Å². The van der Waals surface area contributed by atoms with E-state index in [9.17, 15) is 19.2 Å². The lowest BCUT2D eigenvalue weighted by Gasteiger charge is -2.34. The third-order valence-electron chi connectivity index (χ3n) is 12.1. The van der Waals surface area contributed by atoms with Crippen molar-refractivity contribution in [3.63, 3.8) is 0 Å². The van der Waals surface area contributed by atoms with Crippen molar-refractivity contribution < 1.29 is 33.4 Å². The molecule has 15 nitrogen and oxygen atoms in total. The number of benzene rings is 3. The summed E-state index contributed by atoms with van der Waals surface area (Å²) in [5.74, 6) is 1.07. The monoisotopic (exact) mass is 804 g/mol. The first kappa shape index (κ1) is 39.8. The predicted molar refractivity (Wildman–Crippen MR) is 221 cm³/mol. The fraction of sp³-hybridized carbons (Fsp3) is 0.455. The lowest BCUT2D eigenvalue weighted by Crippen LogP contribution is -2.53. The minimum absolute atomic E-state index is 0.0313. The second-order valence-corrected chi connectivity index (χ2v) is 16.1. The maximum Gasteiger partial charge on any atom is 0.407 e. The number of nitrogens with one attached hydrogen (secondary N) is 4. The molecule has 0 saturated carbocycles. The Morgan fingerprint density at radius 1 is 0.746 bits per heavy atom. The van der Waals surface area contributed by atoms with E-state index in [2.05, 4.69) is 69.1 Å². The fourth-order valence-electron chi connectivity index (χ4n) is 8.91. The number of fused-ring (bicyclic) bond motifs is 2. The van der Waals surface area contributed by atoms with E-state index in [4.69, 9.17) is 24.2 Å². The number of nitrogens with zero attached hydrogens (tertiary/aromatic N) is 4. The Kier molecular flexibility index (Phi) is 11.5. The number of amides is 4. The minimum Gasteiger partial charge on any atom is -0.453 e. The molecule has 310 valence electrons. The first-order chi connectivity index (χ1) is 28.6. The van der Waals surface area contributed by atoms with Crippen LogP contribution in [0.3, 0.4) is 0 Å². The number of likely N-dealkylation sites (tertiary alicyclic amines) is 2. The Balaban J connectivity index is 0.979. The molecule has 2 aromatic heterocycles. The van der Waals surface area contributed by atoms with Crippen LogP contribution in [0.4, 0.5) is 9.59 Å². The van der Waals surface area contributed by atoms with Gasteiger partial charge in [0.15, 0.2) is 0 Å². The van der Waals surface area contributed by atoms with Gasteiger partial charge in [-0.3, -0.25) is 9.59 Å². The van der Waals surface area contributed by atoms with Crippen LogP contribution >= 0.6 is 0 Å². The van der Waals surface area contributed by atoms with Gasteiger partial charge in [0.1, 0.15) is 23.7 Å². The number of carbonyl (C=O) groups excluding carboxylic acids is 4. The quantitative estimate of drug-likeness (QED) is 0.120. The molecule has 0 bridgehead atoms. The van der Waals surface area contributed by atoms with Crippen LogP contribution in [0.5, 0.6) is 0 Å². The normalized spacial score (nSPS) is 19.6. The summed E-state index contributed by atoms with van der Waals surface area (Å²) >= 11 is 0. The number of carbonyl (C=O) groups is 4. The maximum absolute atomic E-state index is 14.0. The van der Waals surface area contributed by atoms with Crippen molar-refractivity contribution in [2.75, 3.05) is 40.5 Å². The van der Waals surface area contributed by atoms with E-state index < -0.39 is 24.3 Å². The molecule has 3 fully saturated rings. The molecular weight excluding hydrogens is 753 g/mol. The Hall–Kier alpha value is -5.96. The average Bonchev–Trinajstić information content (AvgIpc) is 4.10. The standard InChI is InChI=1S/C44H52N8O7/c1-25(2)37(49-43(55)57-3)41(53)51-17-5-7-35(51)39-45-24-34(48-39)31-12-11-27-21-28(9-10-29(27)22-31)30-13-14-32-33(23-30)47-40(46-32)36-8-6-18-52(36)42(54)38(50-44(56)58-4)26-15-19-59-20-16-26/h9-14,21-26,35-38H,5-8,15-20H2,1-4H3,(H,45,48)(H,46,47)(H,49,55)(H,50,56)/t35-,36-,37-,38-/m0/s1. The van der Waals surface area contributed by atoms with Crippen LogP contribution in [0.25, 0.3) is 44.2 Å². The molecule has 0 aliphatic carbocycles. The van der Waals surface area contributed by atoms with E-state index in [0.29, 0.717) is 39.1 Å². The molecule has 3 saturated heterocycles. The number of H-pyrrole nitrogens is 2. The van der Waals surface area contributed by atoms with Crippen molar-refractivity contribution in [1.82, 2.24) is 40.4 Å². The summed E-state index contributed by atoms with van der Waals surface area (Å²) in [6.07, 6.45) is 5.20. The van der Waals surface area contributed by atoms with Gasteiger partial charge in [-0.15, -0.1) is 0 Å². The number of alkyl carbamates (subject to hydrolysis) is 2. The zero-order valence-electron chi connectivity index (χ0n) is 34.0. The first-order valence-electron chi connectivity index (χ1n) is 20.6. The van der Waals surface area contributed by atoms with Gasteiger partial charge in [-0.1, -0.05) is 44.2 Å². The van der Waals surface area contributed by atoms with Crippen LogP contribution in [-0.2, 0) is 23.8 Å². The second kappa shape index (κ2) is 17.1. The van der Waals surface area contributed by atoms with E-state index in [0.717, 1.165) is 81.5 Å². The smallest absolute Gasteiger partial charge is 0.407 e. The average molecular weight is 805 g/mol. The maximum atomic E-state index is 14.0. The van der Waals surface area contributed by atoms with Crippen molar-refractivity contribution in [2.24, 2.45) is 11.8 Å². The highest BCUT2D eigenvalue weighted by Crippen LogP contribution is 2.36. The third kappa shape index (κ3) is 8.20. The highest BCUT2D eigenvalue weighted by atomic mass is 16.5. The number of hydrogen-bond donors (Lipinski definition) is 4. The SMILES string of the molecule is COC(=O)N[C@H](C(=O)N1CCC[C@H]1c1ncc(-c2ccc3cc(-c4ccc5nc([C@@H]6CCCN6C(=O)[C@@H](NC(=O)OC)C6CCOCC6)[nH]c5c4)ccc3c2)[nH]1)C(C)C. The molecule has 15 heteroatoms. The van der Waals surface area contributed by atoms with Gasteiger partial charge in [-0.25, -0.2) is 19.6 Å². The molecule has 4 N–H and O–H groups in total. The van der Waals surface area contributed by atoms with Crippen LogP contribution in [0, 0.1) is 11.8 Å². The summed E-state index contributed by atoms with van der Waals surface area (Å²) in [7, 11) is 2.60. The second-order valence-electron chi connectivity index (χ2n) is 16.1. The van der Waals surface area contributed by atoms with E-state index >= 15 is 0 Å². The zero-order valence-corrected chi connectivity index (χ0v) is 34.0. The predicted octanol–water partition coefficient (Wildman–Crippen LogP) is 6.63. The lowest BCUT2D eigenvalue weighted by molar-refractivity contribution is -0.137. The summed E-state index contributed by atoms with van der Waals surface area (Å²) < 4.78 is 15.2. The molecule has 5 aromatic rings. The Morgan fingerprint density at radius 2 is 1.36 bits per heavy atom.